The number of para-hydroxylation sites is 1. The summed E-state index contributed by atoms with van der Waals surface area (Å²) in [6, 6.07) is 17.2. The van der Waals surface area contributed by atoms with Crippen LogP contribution in [0.3, 0.4) is 0 Å². The van der Waals surface area contributed by atoms with E-state index in [-0.39, 0.29) is 11.4 Å². The van der Waals surface area contributed by atoms with E-state index in [4.69, 9.17) is 0 Å². The molecule has 0 fully saturated rings. The molecule has 4 nitrogen and oxygen atoms in total. The molecule has 118 valence electrons. The van der Waals surface area contributed by atoms with Gasteiger partial charge in [0.05, 0.1) is 16.5 Å². The van der Waals surface area contributed by atoms with Gasteiger partial charge in [0.1, 0.15) is 6.07 Å². The molecule has 2 aromatic carbocycles. The van der Waals surface area contributed by atoms with Crippen molar-refractivity contribution in [2.45, 2.75) is 19.8 Å². The Labute approximate surface area is 140 Å². The van der Waals surface area contributed by atoms with Gasteiger partial charge in [0.25, 0.3) is 5.56 Å². The van der Waals surface area contributed by atoms with Crippen molar-refractivity contribution >= 4 is 22.6 Å². The number of nitrogens with zero attached hydrogens (tertiary/aromatic N) is 2. The minimum atomic E-state index is -0.244. The molecule has 4 heteroatoms. The van der Waals surface area contributed by atoms with E-state index in [2.05, 4.69) is 29.9 Å². The predicted molar refractivity (Wildman–Crippen MR) is 96.4 cm³/mol. The van der Waals surface area contributed by atoms with Crippen LogP contribution in [0.15, 0.2) is 53.3 Å². The van der Waals surface area contributed by atoms with Crippen LogP contribution in [0.1, 0.15) is 36.7 Å². The second-order valence-corrected chi connectivity index (χ2v) is 5.92. The fraction of sp³-hybridized carbons (Fsp3) is 0.150. The van der Waals surface area contributed by atoms with Gasteiger partial charge in [-0.25, -0.2) is 4.98 Å². The van der Waals surface area contributed by atoms with E-state index in [9.17, 15) is 10.1 Å². The Balaban J connectivity index is 2.05. The van der Waals surface area contributed by atoms with Crippen molar-refractivity contribution in [2.75, 3.05) is 0 Å². The third-order valence-electron chi connectivity index (χ3n) is 3.90. The van der Waals surface area contributed by atoms with Crippen molar-refractivity contribution in [3.8, 4) is 6.07 Å². The van der Waals surface area contributed by atoms with Gasteiger partial charge in [0.2, 0.25) is 0 Å². The molecule has 0 saturated carbocycles. The molecule has 0 aliphatic heterocycles. The minimum Gasteiger partial charge on any atom is -0.305 e. The van der Waals surface area contributed by atoms with Crippen LogP contribution in [0.5, 0.6) is 0 Å². The van der Waals surface area contributed by atoms with Crippen LogP contribution >= 0.6 is 0 Å². The van der Waals surface area contributed by atoms with E-state index in [1.807, 2.05) is 30.3 Å². The van der Waals surface area contributed by atoms with E-state index >= 15 is 0 Å². The second kappa shape index (κ2) is 6.51. The SMILES string of the molecule is CC(C)c1ccc(C=C(C#N)c2nc3ccccc3c(=O)[nH]2)cc1. The lowest BCUT2D eigenvalue weighted by Crippen LogP contribution is -2.11. The van der Waals surface area contributed by atoms with Crippen LogP contribution < -0.4 is 5.56 Å². The van der Waals surface area contributed by atoms with Crippen LogP contribution in [0.2, 0.25) is 0 Å². The van der Waals surface area contributed by atoms with Crippen molar-refractivity contribution in [3.63, 3.8) is 0 Å². The quantitative estimate of drug-likeness (QED) is 0.739. The summed E-state index contributed by atoms with van der Waals surface area (Å²) < 4.78 is 0. The van der Waals surface area contributed by atoms with Crippen LogP contribution in [0, 0.1) is 11.3 Å². The number of aromatic nitrogens is 2. The fourth-order valence-corrected chi connectivity index (χ4v) is 2.51. The first-order valence-corrected chi connectivity index (χ1v) is 7.79. The molecule has 0 aliphatic rings. The van der Waals surface area contributed by atoms with Crippen LogP contribution in [-0.2, 0) is 0 Å². The molecular weight excluding hydrogens is 298 g/mol. The highest BCUT2D eigenvalue weighted by Gasteiger charge is 2.08. The Morgan fingerprint density at radius 1 is 1.17 bits per heavy atom. The number of nitrogens with one attached hydrogen (secondary N) is 1. The second-order valence-electron chi connectivity index (χ2n) is 5.92. The van der Waals surface area contributed by atoms with Gasteiger partial charge < -0.3 is 4.98 Å². The molecule has 1 N–H and O–H groups in total. The molecule has 0 atom stereocenters. The Morgan fingerprint density at radius 3 is 2.54 bits per heavy atom. The Bertz CT molecular complexity index is 1010. The van der Waals surface area contributed by atoms with Crippen LogP contribution in [0.4, 0.5) is 0 Å². The maximum atomic E-state index is 12.2. The third-order valence-corrected chi connectivity index (χ3v) is 3.90. The summed E-state index contributed by atoms with van der Waals surface area (Å²) in [5, 5.41) is 9.98. The molecule has 3 aromatic rings. The lowest BCUT2D eigenvalue weighted by molar-refractivity contribution is 0.866. The van der Waals surface area contributed by atoms with Crippen LogP contribution in [0.25, 0.3) is 22.6 Å². The van der Waals surface area contributed by atoms with Crippen molar-refractivity contribution in [2.24, 2.45) is 0 Å². The summed E-state index contributed by atoms with van der Waals surface area (Å²) >= 11 is 0. The average molecular weight is 315 g/mol. The van der Waals surface area contributed by atoms with Crippen molar-refractivity contribution < 1.29 is 0 Å². The van der Waals surface area contributed by atoms with Gasteiger partial charge in [0, 0.05) is 0 Å². The number of nitriles is 1. The lowest BCUT2D eigenvalue weighted by atomic mass is 10.0. The highest BCUT2D eigenvalue weighted by molar-refractivity contribution is 5.89. The molecule has 1 aromatic heterocycles. The van der Waals surface area contributed by atoms with Crippen molar-refractivity contribution in [1.82, 2.24) is 9.97 Å². The van der Waals surface area contributed by atoms with Gasteiger partial charge in [0.15, 0.2) is 5.82 Å². The highest BCUT2D eigenvalue weighted by atomic mass is 16.1. The van der Waals surface area contributed by atoms with E-state index < -0.39 is 0 Å². The number of fused-ring (bicyclic) bond motifs is 1. The first kappa shape index (κ1) is 15.7. The topological polar surface area (TPSA) is 69.5 Å². The molecule has 0 unspecified atom stereocenters. The maximum Gasteiger partial charge on any atom is 0.259 e. The van der Waals surface area contributed by atoms with E-state index in [0.29, 0.717) is 22.4 Å². The zero-order valence-electron chi connectivity index (χ0n) is 13.6. The minimum absolute atomic E-state index is 0.244. The van der Waals surface area contributed by atoms with Gasteiger partial charge in [-0.05, 0) is 35.3 Å². The summed E-state index contributed by atoms with van der Waals surface area (Å²) in [5.41, 5.74) is 2.80. The Hall–Kier alpha value is -3.19. The maximum absolute atomic E-state index is 12.2. The number of rotatable bonds is 3. The molecule has 0 saturated heterocycles. The van der Waals surface area contributed by atoms with Gasteiger partial charge in [-0.3, -0.25) is 4.79 Å². The molecule has 0 aliphatic carbocycles. The summed E-state index contributed by atoms with van der Waals surface area (Å²) in [4.78, 5) is 19.3. The summed E-state index contributed by atoms with van der Waals surface area (Å²) in [5.74, 6) is 0.742. The van der Waals surface area contributed by atoms with Crippen molar-refractivity contribution in [1.29, 1.82) is 5.26 Å². The monoisotopic (exact) mass is 315 g/mol. The Kier molecular flexibility index (Phi) is 4.26. The molecule has 3 rings (SSSR count). The Morgan fingerprint density at radius 2 is 1.88 bits per heavy atom. The summed E-state index contributed by atoms with van der Waals surface area (Å²) in [7, 11) is 0. The van der Waals surface area contributed by atoms with Gasteiger partial charge in [-0.15, -0.1) is 0 Å². The van der Waals surface area contributed by atoms with E-state index in [1.54, 1.807) is 24.3 Å². The van der Waals surface area contributed by atoms with Gasteiger partial charge in [-0.1, -0.05) is 50.2 Å². The van der Waals surface area contributed by atoms with Gasteiger partial charge in [-0.2, -0.15) is 5.26 Å². The first-order chi connectivity index (χ1) is 11.6. The van der Waals surface area contributed by atoms with E-state index in [1.165, 1.54) is 5.56 Å². The molecule has 0 spiro atoms. The average Bonchev–Trinajstić information content (AvgIpc) is 2.60. The van der Waals surface area contributed by atoms with Crippen molar-refractivity contribution in [3.05, 3.63) is 75.8 Å². The van der Waals surface area contributed by atoms with Crippen LogP contribution in [-0.4, -0.2) is 9.97 Å². The number of H-pyrrole nitrogens is 1. The summed E-state index contributed by atoms with van der Waals surface area (Å²) in [6.45, 7) is 4.27. The molecule has 0 bridgehead atoms. The third kappa shape index (κ3) is 3.11. The fourth-order valence-electron chi connectivity index (χ4n) is 2.51. The number of benzene rings is 2. The number of allylic oxidation sites excluding steroid dienone is 1. The number of hydrogen-bond acceptors (Lipinski definition) is 3. The first-order valence-electron chi connectivity index (χ1n) is 7.79. The van der Waals surface area contributed by atoms with E-state index in [0.717, 1.165) is 5.56 Å². The molecule has 0 radical (unpaired) electrons. The number of aromatic amines is 1. The standard InChI is InChI=1S/C20H17N3O/c1-13(2)15-9-7-14(8-10-15)11-16(12-21)19-22-18-6-4-3-5-17(18)20(24)23-19/h3-11,13H,1-2H3,(H,22,23,24). The molecule has 24 heavy (non-hydrogen) atoms. The zero-order valence-corrected chi connectivity index (χ0v) is 13.6. The smallest absolute Gasteiger partial charge is 0.259 e. The molecule has 0 amide bonds. The summed E-state index contributed by atoms with van der Waals surface area (Å²) in [6.07, 6.45) is 1.73. The largest absolute Gasteiger partial charge is 0.305 e. The molecule has 1 heterocycles. The molecular formula is C20H17N3O. The number of hydrogen-bond donors (Lipinski definition) is 1. The predicted octanol–water partition coefficient (Wildman–Crippen LogP) is 4.11. The zero-order chi connectivity index (χ0) is 17.1. The lowest BCUT2D eigenvalue weighted by Gasteiger charge is -2.05. The van der Waals surface area contributed by atoms with Gasteiger partial charge >= 0.3 is 0 Å². The highest BCUT2D eigenvalue weighted by Crippen LogP contribution is 2.19. The normalized spacial score (nSPS) is 11.7.